The molecule has 4 aromatic rings. The third-order valence-corrected chi connectivity index (χ3v) is 6.76. The first-order valence-electron chi connectivity index (χ1n) is 10.9. The molecule has 0 saturated heterocycles. The largest absolute Gasteiger partial charge is 0.380 e. The van der Waals surface area contributed by atoms with Gasteiger partial charge in [0.1, 0.15) is 6.04 Å². The third kappa shape index (κ3) is 4.82. The van der Waals surface area contributed by atoms with Gasteiger partial charge in [-0.05, 0) is 48.5 Å². The minimum atomic E-state index is -3.45. The Morgan fingerprint density at radius 2 is 1.83 bits per heavy atom. The number of anilines is 3. The molecule has 3 N–H and O–H groups in total. The van der Waals surface area contributed by atoms with Crippen LogP contribution < -0.4 is 16.0 Å². The summed E-state index contributed by atoms with van der Waals surface area (Å²) in [5.41, 5.74) is 4.72. The molecule has 1 aliphatic heterocycles. The van der Waals surface area contributed by atoms with Crippen LogP contribution in [0.3, 0.4) is 0 Å². The van der Waals surface area contributed by atoms with Crippen LogP contribution >= 0.6 is 0 Å². The summed E-state index contributed by atoms with van der Waals surface area (Å²) in [5.74, 6) is -0.0941. The molecule has 176 valence electrons. The molecule has 2 aromatic carbocycles. The van der Waals surface area contributed by atoms with Crippen LogP contribution in [0.4, 0.5) is 17.1 Å². The fraction of sp³-hybridized carbons (Fsp3) is 0.120. The van der Waals surface area contributed by atoms with Crippen molar-refractivity contribution < 1.29 is 13.2 Å². The number of fused-ring (bicyclic) bond motifs is 1. The van der Waals surface area contributed by atoms with Crippen molar-refractivity contribution in [2.45, 2.75) is 17.4 Å². The molecule has 1 aliphatic rings. The number of carbonyl (C=O) groups excluding carboxylic acids is 1. The van der Waals surface area contributed by atoms with Crippen molar-refractivity contribution in [1.29, 1.82) is 0 Å². The van der Waals surface area contributed by atoms with E-state index >= 15 is 0 Å². The van der Waals surface area contributed by atoms with Crippen LogP contribution in [0, 0.1) is 0 Å². The first kappa shape index (κ1) is 22.5. The summed E-state index contributed by atoms with van der Waals surface area (Å²) in [5, 5.41) is 9.11. The number of hydrogen-bond donors (Lipinski definition) is 3. The van der Waals surface area contributed by atoms with E-state index in [9.17, 15) is 13.2 Å². The van der Waals surface area contributed by atoms with Crippen LogP contribution in [0.15, 0.2) is 84.4 Å². The van der Waals surface area contributed by atoms with Crippen LogP contribution in [0.5, 0.6) is 0 Å². The molecule has 0 spiro atoms. The maximum atomic E-state index is 12.4. The average molecular weight is 487 g/mol. The molecule has 10 heteroatoms. The van der Waals surface area contributed by atoms with Crippen LogP contribution in [-0.2, 0) is 14.6 Å². The van der Waals surface area contributed by atoms with Gasteiger partial charge in [-0.3, -0.25) is 19.7 Å². The molecule has 9 nitrogen and oxygen atoms in total. The summed E-state index contributed by atoms with van der Waals surface area (Å²) in [6.45, 7) is 0. The van der Waals surface area contributed by atoms with E-state index in [1.54, 1.807) is 18.6 Å². The van der Waals surface area contributed by atoms with Crippen LogP contribution in [0.2, 0.25) is 0 Å². The fourth-order valence-electron chi connectivity index (χ4n) is 3.92. The number of carbonyl (C=O) groups is 1. The van der Waals surface area contributed by atoms with Gasteiger partial charge in [-0.15, -0.1) is 0 Å². The number of hydrogen-bond acceptors (Lipinski definition) is 8. The quantitative estimate of drug-likeness (QED) is 0.377. The van der Waals surface area contributed by atoms with Crippen molar-refractivity contribution in [3.8, 4) is 11.1 Å². The number of amides is 1. The Morgan fingerprint density at radius 3 is 2.57 bits per heavy atom. The van der Waals surface area contributed by atoms with E-state index in [2.05, 4.69) is 30.9 Å². The standard InChI is InChI=1S/C25H22N6O3S/c1-35(33,34)23-8-10-26-15-22(23)30-18-13-19(24-21(14-18)28-11-12-29-24)16-4-6-17(7-5-16)31-25(32)20-3-2-9-27-20/h2,4-15,20,27,30H,3H2,1H3,(H,31,32). The highest BCUT2D eigenvalue weighted by molar-refractivity contribution is 7.90. The Hall–Kier alpha value is -4.31. The maximum Gasteiger partial charge on any atom is 0.247 e. The number of pyridine rings is 1. The van der Waals surface area contributed by atoms with E-state index in [1.807, 2.05) is 42.5 Å². The molecule has 3 heterocycles. The molecule has 35 heavy (non-hydrogen) atoms. The van der Waals surface area contributed by atoms with Crippen molar-refractivity contribution in [1.82, 2.24) is 20.3 Å². The SMILES string of the molecule is CS(=O)(=O)c1ccncc1Nc1cc(-c2ccc(NC(=O)C3CC=CN3)cc2)c2nccnc2c1. The zero-order valence-corrected chi connectivity index (χ0v) is 19.6. The number of aromatic nitrogens is 3. The fourth-order valence-corrected chi connectivity index (χ4v) is 4.73. The van der Waals surface area contributed by atoms with E-state index < -0.39 is 9.84 Å². The summed E-state index contributed by atoms with van der Waals surface area (Å²) in [7, 11) is -3.45. The molecule has 1 atom stereocenters. The summed E-state index contributed by atoms with van der Waals surface area (Å²) in [6, 6.07) is 12.4. The number of nitrogens with one attached hydrogen (secondary N) is 3. The Labute approximate surface area is 202 Å². The lowest BCUT2D eigenvalue weighted by Gasteiger charge is -2.14. The Morgan fingerprint density at radius 1 is 1.03 bits per heavy atom. The van der Waals surface area contributed by atoms with Crippen molar-refractivity contribution in [3.63, 3.8) is 0 Å². The highest BCUT2D eigenvalue weighted by atomic mass is 32.2. The Bertz CT molecular complexity index is 1540. The van der Waals surface area contributed by atoms with Crippen molar-refractivity contribution in [2.24, 2.45) is 0 Å². The predicted molar refractivity (Wildman–Crippen MR) is 135 cm³/mol. The molecule has 1 unspecified atom stereocenters. The van der Waals surface area contributed by atoms with E-state index in [4.69, 9.17) is 0 Å². The van der Waals surface area contributed by atoms with Gasteiger partial charge in [0.05, 0.1) is 27.8 Å². The highest BCUT2D eigenvalue weighted by Gasteiger charge is 2.19. The lowest BCUT2D eigenvalue weighted by atomic mass is 10.0. The Balaban J connectivity index is 1.48. The molecule has 0 saturated carbocycles. The normalized spacial score (nSPS) is 15.1. The van der Waals surface area contributed by atoms with Crippen LogP contribution in [0.1, 0.15) is 6.42 Å². The topological polar surface area (TPSA) is 126 Å². The van der Waals surface area contributed by atoms with E-state index in [0.717, 1.165) is 17.4 Å². The van der Waals surface area contributed by atoms with Gasteiger partial charge in [-0.25, -0.2) is 8.42 Å². The lowest BCUT2D eigenvalue weighted by molar-refractivity contribution is -0.117. The molecule has 0 fully saturated rings. The number of rotatable bonds is 6. The van der Waals surface area contributed by atoms with Gasteiger partial charge in [0.25, 0.3) is 0 Å². The van der Waals surface area contributed by atoms with Crippen molar-refractivity contribution in [2.75, 3.05) is 16.9 Å². The molecule has 0 bridgehead atoms. The van der Waals surface area contributed by atoms with E-state index in [1.165, 1.54) is 18.5 Å². The van der Waals surface area contributed by atoms with Crippen molar-refractivity contribution >= 4 is 43.8 Å². The van der Waals surface area contributed by atoms with Gasteiger partial charge >= 0.3 is 0 Å². The summed E-state index contributed by atoms with van der Waals surface area (Å²) >= 11 is 0. The number of benzene rings is 2. The minimum Gasteiger partial charge on any atom is -0.380 e. The van der Waals surface area contributed by atoms with Gasteiger partial charge < -0.3 is 16.0 Å². The average Bonchev–Trinajstić information content (AvgIpc) is 3.39. The van der Waals surface area contributed by atoms with Gasteiger partial charge in [0.2, 0.25) is 5.91 Å². The second kappa shape index (κ2) is 9.15. The van der Waals surface area contributed by atoms with Crippen molar-refractivity contribution in [3.05, 3.63) is 79.5 Å². The lowest BCUT2D eigenvalue weighted by Crippen LogP contribution is -2.34. The van der Waals surface area contributed by atoms with Gasteiger partial charge in [-0.1, -0.05) is 18.2 Å². The Kier molecular flexibility index (Phi) is 5.87. The minimum absolute atomic E-state index is 0.0941. The second-order valence-electron chi connectivity index (χ2n) is 8.14. The number of sulfone groups is 1. The molecule has 2 aromatic heterocycles. The maximum absolute atomic E-state index is 12.4. The molecular weight excluding hydrogens is 464 g/mol. The summed E-state index contributed by atoms with van der Waals surface area (Å²) in [4.78, 5) is 25.5. The van der Waals surface area contributed by atoms with Gasteiger partial charge in [0, 0.05) is 41.8 Å². The van der Waals surface area contributed by atoms with Crippen LogP contribution in [-0.4, -0.2) is 41.6 Å². The van der Waals surface area contributed by atoms with Gasteiger partial charge in [0.15, 0.2) is 9.84 Å². The third-order valence-electron chi connectivity index (χ3n) is 5.60. The molecule has 1 amide bonds. The first-order chi connectivity index (χ1) is 16.9. The smallest absolute Gasteiger partial charge is 0.247 e. The first-order valence-corrected chi connectivity index (χ1v) is 12.8. The molecular formula is C25H22N6O3S. The molecule has 5 rings (SSSR count). The zero-order chi connectivity index (χ0) is 24.4. The zero-order valence-electron chi connectivity index (χ0n) is 18.8. The molecule has 0 radical (unpaired) electrons. The van der Waals surface area contributed by atoms with E-state index in [-0.39, 0.29) is 16.8 Å². The van der Waals surface area contributed by atoms with Crippen LogP contribution in [0.25, 0.3) is 22.2 Å². The highest BCUT2D eigenvalue weighted by Crippen LogP contribution is 2.33. The molecule has 0 aliphatic carbocycles. The second-order valence-corrected chi connectivity index (χ2v) is 10.1. The summed E-state index contributed by atoms with van der Waals surface area (Å²) < 4.78 is 24.4. The van der Waals surface area contributed by atoms with Gasteiger partial charge in [-0.2, -0.15) is 0 Å². The summed E-state index contributed by atoms with van der Waals surface area (Å²) in [6.07, 6.45) is 11.7. The number of nitrogens with zero attached hydrogens (tertiary/aromatic N) is 3. The monoisotopic (exact) mass is 486 g/mol. The van der Waals surface area contributed by atoms with E-state index in [0.29, 0.717) is 34.5 Å². The predicted octanol–water partition coefficient (Wildman–Crippen LogP) is 3.65.